The maximum Gasteiger partial charge on any atom is 0.0433 e. The van der Waals surface area contributed by atoms with E-state index < -0.39 is 0 Å². The van der Waals surface area contributed by atoms with Crippen molar-refractivity contribution in [1.29, 1.82) is 0 Å². The minimum absolute atomic E-state index is 0.474. The number of hydrogen-bond donors (Lipinski definition) is 3. The first-order chi connectivity index (χ1) is 5.41. The van der Waals surface area contributed by atoms with Crippen LogP contribution in [0, 0.1) is 0 Å². The Morgan fingerprint density at radius 3 is 2.55 bits per heavy atom. The maximum atomic E-state index is 3.61. The Labute approximate surface area is 67.9 Å². The van der Waals surface area contributed by atoms with Crippen LogP contribution in [0.25, 0.3) is 0 Å². The SMILES string of the molecule is C1CNCCNC2(C1)CNC2. The van der Waals surface area contributed by atoms with Crippen molar-refractivity contribution in [2.75, 3.05) is 32.7 Å². The van der Waals surface area contributed by atoms with Gasteiger partial charge in [0.15, 0.2) is 0 Å². The molecule has 2 saturated heterocycles. The summed E-state index contributed by atoms with van der Waals surface area (Å²) in [6, 6.07) is 0. The summed E-state index contributed by atoms with van der Waals surface area (Å²) < 4.78 is 0. The summed E-state index contributed by atoms with van der Waals surface area (Å²) in [5.41, 5.74) is 0.474. The maximum absolute atomic E-state index is 3.61. The van der Waals surface area contributed by atoms with Crippen LogP contribution >= 0.6 is 0 Å². The van der Waals surface area contributed by atoms with Crippen molar-refractivity contribution in [1.82, 2.24) is 16.0 Å². The summed E-state index contributed by atoms with van der Waals surface area (Å²) in [5.74, 6) is 0. The van der Waals surface area contributed by atoms with E-state index in [9.17, 15) is 0 Å². The molecule has 0 aromatic heterocycles. The molecule has 0 radical (unpaired) electrons. The first-order valence-electron chi connectivity index (χ1n) is 4.58. The first-order valence-corrected chi connectivity index (χ1v) is 4.58. The van der Waals surface area contributed by atoms with E-state index in [0.717, 1.165) is 13.1 Å². The third-order valence-electron chi connectivity index (χ3n) is 2.74. The zero-order chi connectivity index (χ0) is 7.57. The van der Waals surface area contributed by atoms with Gasteiger partial charge in [0.05, 0.1) is 0 Å². The second kappa shape index (κ2) is 3.09. The van der Waals surface area contributed by atoms with E-state index in [1.54, 1.807) is 0 Å². The smallest absolute Gasteiger partial charge is 0.0433 e. The largest absolute Gasteiger partial charge is 0.315 e. The fourth-order valence-electron chi connectivity index (χ4n) is 1.91. The van der Waals surface area contributed by atoms with Crippen LogP contribution < -0.4 is 16.0 Å². The van der Waals surface area contributed by atoms with Gasteiger partial charge in [-0.15, -0.1) is 0 Å². The minimum Gasteiger partial charge on any atom is -0.315 e. The van der Waals surface area contributed by atoms with Gasteiger partial charge < -0.3 is 16.0 Å². The highest BCUT2D eigenvalue weighted by Gasteiger charge is 2.35. The van der Waals surface area contributed by atoms with Gasteiger partial charge >= 0.3 is 0 Å². The monoisotopic (exact) mass is 155 g/mol. The summed E-state index contributed by atoms with van der Waals surface area (Å²) in [7, 11) is 0. The zero-order valence-electron chi connectivity index (χ0n) is 6.95. The van der Waals surface area contributed by atoms with Crippen LogP contribution in [0.15, 0.2) is 0 Å². The lowest BCUT2D eigenvalue weighted by Gasteiger charge is -2.44. The summed E-state index contributed by atoms with van der Waals surface area (Å²) in [6.45, 7) is 5.80. The molecule has 2 fully saturated rings. The molecule has 2 heterocycles. The van der Waals surface area contributed by atoms with Gasteiger partial charge in [-0.25, -0.2) is 0 Å². The fourth-order valence-corrected chi connectivity index (χ4v) is 1.91. The highest BCUT2D eigenvalue weighted by molar-refractivity contribution is 5.00. The summed E-state index contributed by atoms with van der Waals surface area (Å²) >= 11 is 0. The van der Waals surface area contributed by atoms with E-state index in [0.29, 0.717) is 5.54 Å². The Balaban J connectivity index is 1.86. The molecule has 3 heteroatoms. The molecule has 2 aliphatic heterocycles. The molecule has 3 N–H and O–H groups in total. The molecule has 1 spiro atoms. The molecule has 3 nitrogen and oxygen atoms in total. The molecule has 0 atom stereocenters. The molecule has 2 rings (SSSR count). The number of rotatable bonds is 0. The lowest BCUT2D eigenvalue weighted by atomic mass is 9.86. The third-order valence-corrected chi connectivity index (χ3v) is 2.74. The topological polar surface area (TPSA) is 36.1 Å². The second-order valence-corrected chi connectivity index (χ2v) is 3.66. The van der Waals surface area contributed by atoms with Crippen molar-refractivity contribution in [3.8, 4) is 0 Å². The highest BCUT2D eigenvalue weighted by Crippen LogP contribution is 2.17. The van der Waals surface area contributed by atoms with E-state index in [1.807, 2.05) is 0 Å². The molecule has 0 amide bonds. The number of nitrogens with one attached hydrogen (secondary N) is 3. The summed E-state index contributed by atoms with van der Waals surface area (Å²) in [6.07, 6.45) is 2.64. The van der Waals surface area contributed by atoms with Gasteiger partial charge in [0.2, 0.25) is 0 Å². The standard InChI is InChI=1S/C8H17N3/c1-2-8(6-10-7-8)11-5-4-9-3-1/h9-11H,1-7H2. The van der Waals surface area contributed by atoms with Gasteiger partial charge in [-0.2, -0.15) is 0 Å². The molecule has 0 unspecified atom stereocenters. The fraction of sp³-hybridized carbons (Fsp3) is 1.00. The summed E-state index contributed by atoms with van der Waals surface area (Å²) in [4.78, 5) is 0. The average Bonchev–Trinajstić information content (AvgIpc) is 1.82. The highest BCUT2D eigenvalue weighted by atomic mass is 15.2. The first kappa shape index (κ1) is 7.53. The molecular weight excluding hydrogens is 138 g/mol. The van der Waals surface area contributed by atoms with E-state index in [2.05, 4.69) is 16.0 Å². The lowest BCUT2D eigenvalue weighted by molar-refractivity contribution is 0.188. The molecule has 0 saturated carbocycles. The Kier molecular flexibility index (Phi) is 2.11. The Bertz CT molecular complexity index is 121. The normalized spacial score (nSPS) is 30.5. The van der Waals surface area contributed by atoms with Crippen LogP contribution in [-0.2, 0) is 0 Å². The Hall–Kier alpha value is -0.120. The lowest BCUT2D eigenvalue weighted by Crippen LogP contribution is -2.68. The molecule has 0 aromatic carbocycles. The van der Waals surface area contributed by atoms with Crippen LogP contribution in [0.2, 0.25) is 0 Å². The molecule has 64 valence electrons. The molecule has 0 aliphatic carbocycles. The molecule has 0 aromatic rings. The van der Waals surface area contributed by atoms with Crippen LogP contribution in [0.4, 0.5) is 0 Å². The van der Waals surface area contributed by atoms with Gasteiger partial charge in [0.25, 0.3) is 0 Å². The van der Waals surface area contributed by atoms with Gasteiger partial charge in [-0.05, 0) is 19.4 Å². The predicted octanol–water partition coefficient (Wildman–Crippen LogP) is -0.699. The third kappa shape index (κ3) is 1.55. The Morgan fingerprint density at radius 2 is 1.82 bits per heavy atom. The molecular formula is C8H17N3. The van der Waals surface area contributed by atoms with Gasteiger partial charge in [0, 0.05) is 31.7 Å². The molecule has 2 aliphatic rings. The van der Waals surface area contributed by atoms with Crippen LogP contribution in [-0.4, -0.2) is 38.3 Å². The van der Waals surface area contributed by atoms with E-state index in [4.69, 9.17) is 0 Å². The number of hydrogen-bond acceptors (Lipinski definition) is 3. The average molecular weight is 155 g/mol. The van der Waals surface area contributed by atoms with E-state index in [1.165, 1.54) is 32.5 Å². The minimum atomic E-state index is 0.474. The van der Waals surface area contributed by atoms with Crippen molar-refractivity contribution < 1.29 is 0 Å². The van der Waals surface area contributed by atoms with Gasteiger partial charge in [-0.1, -0.05) is 0 Å². The van der Waals surface area contributed by atoms with Crippen LogP contribution in [0.5, 0.6) is 0 Å². The second-order valence-electron chi connectivity index (χ2n) is 3.66. The van der Waals surface area contributed by atoms with Crippen molar-refractivity contribution >= 4 is 0 Å². The summed E-state index contributed by atoms with van der Waals surface area (Å²) in [5, 5.41) is 10.3. The van der Waals surface area contributed by atoms with E-state index in [-0.39, 0.29) is 0 Å². The van der Waals surface area contributed by atoms with Crippen molar-refractivity contribution in [3.05, 3.63) is 0 Å². The zero-order valence-corrected chi connectivity index (χ0v) is 6.95. The predicted molar refractivity (Wildman–Crippen MR) is 45.7 cm³/mol. The van der Waals surface area contributed by atoms with E-state index >= 15 is 0 Å². The molecule has 0 bridgehead atoms. The van der Waals surface area contributed by atoms with Crippen LogP contribution in [0.1, 0.15) is 12.8 Å². The van der Waals surface area contributed by atoms with Gasteiger partial charge in [0.1, 0.15) is 0 Å². The van der Waals surface area contributed by atoms with Crippen LogP contribution in [0.3, 0.4) is 0 Å². The Morgan fingerprint density at radius 1 is 0.909 bits per heavy atom. The van der Waals surface area contributed by atoms with Gasteiger partial charge in [-0.3, -0.25) is 0 Å². The van der Waals surface area contributed by atoms with Crippen molar-refractivity contribution in [2.45, 2.75) is 18.4 Å². The van der Waals surface area contributed by atoms with Crippen molar-refractivity contribution in [3.63, 3.8) is 0 Å². The quantitative estimate of drug-likeness (QED) is 0.433. The van der Waals surface area contributed by atoms with Crippen molar-refractivity contribution in [2.24, 2.45) is 0 Å². The molecule has 11 heavy (non-hydrogen) atoms.